The van der Waals surface area contributed by atoms with Gasteiger partial charge in [-0.3, -0.25) is 14.9 Å². The van der Waals surface area contributed by atoms with Crippen LogP contribution in [-0.2, 0) is 0 Å². The van der Waals surface area contributed by atoms with Gasteiger partial charge in [0.15, 0.2) is 5.11 Å². The molecule has 7 heteroatoms. The molecular formula is C24H29N3O3S. The Labute approximate surface area is 189 Å². The zero-order valence-corrected chi connectivity index (χ0v) is 18.8. The lowest BCUT2D eigenvalue weighted by Crippen LogP contribution is -2.36. The molecule has 0 aliphatic carbocycles. The highest BCUT2D eigenvalue weighted by Gasteiger charge is 2.20. The summed E-state index contributed by atoms with van der Waals surface area (Å²) in [4.78, 5) is 27.5. The third kappa shape index (κ3) is 6.52. The number of nitrogens with zero attached hydrogens (tertiary/aromatic N) is 1. The van der Waals surface area contributed by atoms with E-state index in [1.54, 1.807) is 36.4 Å². The molecule has 0 spiro atoms. The third-order valence-electron chi connectivity index (χ3n) is 5.01. The molecule has 2 amide bonds. The second-order valence-electron chi connectivity index (χ2n) is 7.85. The Balaban J connectivity index is 1.64. The number of carbonyl (C=O) groups is 2. The number of thiocarbonyl (C=S) groups is 1. The van der Waals surface area contributed by atoms with Crippen molar-refractivity contribution in [1.29, 1.82) is 0 Å². The lowest BCUT2D eigenvalue weighted by molar-refractivity contribution is 0.0762. The van der Waals surface area contributed by atoms with Crippen molar-refractivity contribution < 1.29 is 14.3 Å². The highest BCUT2D eigenvalue weighted by atomic mass is 32.1. The largest absolute Gasteiger partial charge is 0.491 e. The van der Waals surface area contributed by atoms with E-state index in [4.69, 9.17) is 17.0 Å². The molecule has 6 nitrogen and oxygen atoms in total. The first-order valence-electron chi connectivity index (χ1n) is 10.7. The number of benzene rings is 2. The van der Waals surface area contributed by atoms with Crippen LogP contribution in [0.1, 0.15) is 60.2 Å². The molecule has 31 heavy (non-hydrogen) atoms. The smallest absolute Gasteiger partial charge is 0.257 e. The number of anilines is 1. The van der Waals surface area contributed by atoms with Gasteiger partial charge in [0, 0.05) is 18.7 Å². The Hall–Kier alpha value is -2.93. The maximum absolute atomic E-state index is 13.1. The molecule has 1 saturated heterocycles. The summed E-state index contributed by atoms with van der Waals surface area (Å²) in [6, 6.07) is 14.1. The normalized spacial score (nSPS) is 14.0. The Morgan fingerprint density at radius 3 is 2.26 bits per heavy atom. The lowest BCUT2D eigenvalue weighted by Gasteiger charge is -2.22. The summed E-state index contributed by atoms with van der Waals surface area (Å²) in [5.74, 6) is 0.359. The highest BCUT2D eigenvalue weighted by Crippen LogP contribution is 2.20. The molecule has 0 unspecified atom stereocenters. The number of hydrogen-bond donors (Lipinski definition) is 2. The van der Waals surface area contributed by atoms with Gasteiger partial charge >= 0.3 is 0 Å². The number of amides is 2. The van der Waals surface area contributed by atoms with Gasteiger partial charge in [0.05, 0.1) is 17.4 Å². The molecule has 3 rings (SSSR count). The Morgan fingerprint density at radius 1 is 0.968 bits per heavy atom. The predicted octanol–water partition coefficient (Wildman–Crippen LogP) is 4.62. The van der Waals surface area contributed by atoms with Crippen LogP contribution in [0.3, 0.4) is 0 Å². The standard InChI is InChI=1S/C24H29N3O3S/c1-17(2)30-19-13-11-18(12-14-19)22(28)26-24(31)25-21-10-6-5-9-20(21)23(29)27-15-7-3-4-8-16-27/h5-6,9-14,17H,3-4,7-8,15-16H2,1-2H3,(H2,25,26,28,31). The molecule has 0 aromatic heterocycles. The first-order chi connectivity index (χ1) is 14.9. The zero-order chi connectivity index (χ0) is 22.2. The van der Waals surface area contributed by atoms with E-state index in [9.17, 15) is 9.59 Å². The van der Waals surface area contributed by atoms with E-state index in [2.05, 4.69) is 10.6 Å². The van der Waals surface area contributed by atoms with Crippen LogP contribution < -0.4 is 15.4 Å². The third-order valence-corrected chi connectivity index (χ3v) is 5.22. The number of nitrogens with one attached hydrogen (secondary N) is 2. The number of likely N-dealkylation sites (tertiary alicyclic amines) is 1. The van der Waals surface area contributed by atoms with E-state index >= 15 is 0 Å². The average Bonchev–Trinajstić information content (AvgIpc) is 3.03. The fraction of sp³-hybridized carbons (Fsp3) is 0.375. The van der Waals surface area contributed by atoms with Crippen LogP contribution in [0.5, 0.6) is 5.75 Å². The van der Waals surface area contributed by atoms with Gasteiger partial charge in [-0.25, -0.2) is 0 Å². The van der Waals surface area contributed by atoms with Crippen LogP contribution in [0.15, 0.2) is 48.5 Å². The highest BCUT2D eigenvalue weighted by molar-refractivity contribution is 7.80. The van der Waals surface area contributed by atoms with Crippen LogP contribution in [-0.4, -0.2) is 41.0 Å². The molecule has 1 aliphatic heterocycles. The number of rotatable bonds is 5. The van der Waals surface area contributed by atoms with Gasteiger partial charge in [-0.1, -0.05) is 25.0 Å². The van der Waals surface area contributed by atoms with Gasteiger partial charge in [-0.15, -0.1) is 0 Å². The summed E-state index contributed by atoms with van der Waals surface area (Å²) in [6.45, 7) is 5.43. The van der Waals surface area contributed by atoms with Crippen molar-refractivity contribution in [2.75, 3.05) is 18.4 Å². The van der Waals surface area contributed by atoms with Gasteiger partial charge in [-0.2, -0.15) is 0 Å². The summed E-state index contributed by atoms with van der Waals surface area (Å²) in [5, 5.41) is 5.83. The maximum Gasteiger partial charge on any atom is 0.257 e. The average molecular weight is 440 g/mol. The first-order valence-corrected chi connectivity index (χ1v) is 11.1. The molecule has 0 radical (unpaired) electrons. The van der Waals surface area contributed by atoms with Crippen LogP contribution in [0.4, 0.5) is 5.69 Å². The molecule has 1 fully saturated rings. The van der Waals surface area contributed by atoms with Crippen molar-refractivity contribution >= 4 is 34.8 Å². The summed E-state index contributed by atoms with van der Waals surface area (Å²) in [7, 11) is 0. The molecule has 0 bridgehead atoms. The van der Waals surface area contributed by atoms with Crippen LogP contribution >= 0.6 is 12.2 Å². The minimum Gasteiger partial charge on any atom is -0.491 e. The van der Waals surface area contributed by atoms with Gasteiger partial charge in [0.25, 0.3) is 11.8 Å². The van der Waals surface area contributed by atoms with E-state index < -0.39 is 0 Å². The SMILES string of the molecule is CC(C)Oc1ccc(C(=O)NC(=S)Nc2ccccc2C(=O)N2CCCCCC2)cc1. The Bertz CT molecular complexity index is 920. The molecule has 0 atom stereocenters. The fourth-order valence-corrected chi connectivity index (χ4v) is 3.71. The monoisotopic (exact) mass is 439 g/mol. The quantitative estimate of drug-likeness (QED) is 0.666. The maximum atomic E-state index is 13.1. The van der Waals surface area contributed by atoms with Crippen LogP contribution in [0.2, 0.25) is 0 Å². The molecule has 2 aromatic rings. The van der Waals surface area contributed by atoms with Gasteiger partial charge in [0.2, 0.25) is 0 Å². The molecule has 2 N–H and O–H groups in total. The summed E-state index contributed by atoms with van der Waals surface area (Å²) in [6.07, 6.45) is 4.43. The molecule has 2 aromatic carbocycles. The van der Waals surface area contributed by atoms with E-state index in [0.717, 1.165) is 38.8 Å². The van der Waals surface area contributed by atoms with Gasteiger partial charge < -0.3 is 15.0 Å². The van der Waals surface area contributed by atoms with Crippen LogP contribution in [0.25, 0.3) is 0 Å². The summed E-state index contributed by atoms with van der Waals surface area (Å²) in [5.41, 5.74) is 1.60. The number of ether oxygens (including phenoxy) is 1. The van der Waals surface area contributed by atoms with Crippen molar-refractivity contribution in [2.45, 2.75) is 45.6 Å². The zero-order valence-electron chi connectivity index (χ0n) is 18.0. The van der Waals surface area contributed by atoms with Crippen LogP contribution in [0, 0.1) is 0 Å². The lowest BCUT2D eigenvalue weighted by atomic mass is 10.1. The molecule has 164 valence electrons. The van der Waals surface area contributed by atoms with Crippen molar-refractivity contribution in [3.05, 3.63) is 59.7 Å². The van der Waals surface area contributed by atoms with Crippen molar-refractivity contribution in [1.82, 2.24) is 10.2 Å². The second kappa shape index (κ2) is 10.9. The van der Waals surface area contributed by atoms with Gasteiger partial charge in [0.1, 0.15) is 5.75 Å². The number of hydrogen-bond acceptors (Lipinski definition) is 4. The number of para-hydroxylation sites is 1. The first kappa shape index (κ1) is 22.7. The van der Waals surface area contributed by atoms with E-state index in [-0.39, 0.29) is 23.0 Å². The van der Waals surface area contributed by atoms with Crippen molar-refractivity contribution in [3.8, 4) is 5.75 Å². The summed E-state index contributed by atoms with van der Waals surface area (Å²) < 4.78 is 5.60. The van der Waals surface area contributed by atoms with E-state index in [1.807, 2.05) is 30.9 Å². The topological polar surface area (TPSA) is 70.7 Å². The minimum absolute atomic E-state index is 0.0140. The predicted molar refractivity (Wildman–Crippen MR) is 127 cm³/mol. The van der Waals surface area contributed by atoms with Crippen molar-refractivity contribution in [3.63, 3.8) is 0 Å². The summed E-state index contributed by atoms with van der Waals surface area (Å²) >= 11 is 5.33. The van der Waals surface area contributed by atoms with E-state index in [0.29, 0.717) is 22.6 Å². The second-order valence-corrected chi connectivity index (χ2v) is 8.26. The molecule has 1 heterocycles. The number of carbonyl (C=O) groups excluding carboxylic acids is 2. The Kier molecular flexibility index (Phi) is 8.00. The minimum atomic E-state index is -0.329. The Morgan fingerprint density at radius 2 is 1.61 bits per heavy atom. The fourth-order valence-electron chi connectivity index (χ4n) is 3.51. The molecular weight excluding hydrogens is 410 g/mol. The molecule has 1 aliphatic rings. The van der Waals surface area contributed by atoms with Gasteiger partial charge in [-0.05, 0) is 75.3 Å². The van der Waals surface area contributed by atoms with E-state index in [1.165, 1.54) is 0 Å². The van der Waals surface area contributed by atoms with Crippen molar-refractivity contribution in [2.24, 2.45) is 0 Å². The molecule has 0 saturated carbocycles.